The number of carbonyl (C=O) groups is 1. The van der Waals surface area contributed by atoms with Gasteiger partial charge in [0.05, 0.1) is 6.04 Å². The third-order valence-corrected chi connectivity index (χ3v) is 3.00. The second kappa shape index (κ2) is 6.75. The monoisotopic (exact) mass is 273 g/mol. The van der Waals surface area contributed by atoms with Crippen molar-refractivity contribution in [1.82, 2.24) is 15.3 Å². The molecule has 0 bridgehead atoms. The van der Waals surface area contributed by atoms with E-state index in [1.54, 1.807) is 19.3 Å². The summed E-state index contributed by atoms with van der Waals surface area (Å²) < 4.78 is 5.60. The maximum atomic E-state index is 12.1. The van der Waals surface area contributed by atoms with E-state index in [0.717, 1.165) is 12.2 Å². The van der Waals surface area contributed by atoms with Gasteiger partial charge in [-0.25, -0.2) is 4.98 Å². The summed E-state index contributed by atoms with van der Waals surface area (Å²) in [5.74, 6) is 1.28. The van der Waals surface area contributed by atoms with E-state index in [0.29, 0.717) is 5.75 Å². The van der Waals surface area contributed by atoms with Gasteiger partial charge >= 0.3 is 0 Å². The lowest BCUT2D eigenvalue weighted by atomic mass is 10.2. The van der Waals surface area contributed by atoms with Crippen LogP contribution in [0.5, 0.6) is 5.75 Å². The number of hydrogen-bond acceptors (Lipinski definition) is 3. The zero-order valence-electron chi connectivity index (χ0n) is 11.7. The molecule has 5 heteroatoms. The zero-order chi connectivity index (χ0) is 14.4. The Morgan fingerprint density at radius 2 is 2.15 bits per heavy atom. The van der Waals surface area contributed by atoms with Gasteiger partial charge in [0, 0.05) is 12.4 Å². The van der Waals surface area contributed by atoms with Crippen LogP contribution in [0.1, 0.15) is 32.1 Å². The summed E-state index contributed by atoms with van der Waals surface area (Å²) in [5, 5.41) is 2.93. The molecule has 2 N–H and O–H groups in total. The fourth-order valence-electron chi connectivity index (χ4n) is 1.88. The zero-order valence-corrected chi connectivity index (χ0v) is 11.7. The summed E-state index contributed by atoms with van der Waals surface area (Å²) in [6.45, 7) is 3.73. The Balaban J connectivity index is 1.93. The molecular weight excluding hydrogens is 254 g/mol. The predicted octanol–water partition coefficient (Wildman–Crippen LogP) is 2.44. The molecule has 0 spiro atoms. The van der Waals surface area contributed by atoms with E-state index in [2.05, 4.69) is 15.3 Å². The van der Waals surface area contributed by atoms with Crippen LogP contribution in [0.4, 0.5) is 0 Å². The van der Waals surface area contributed by atoms with Crippen molar-refractivity contribution in [2.75, 3.05) is 0 Å². The Hall–Kier alpha value is -2.30. The molecule has 20 heavy (non-hydrogen) atoms. The van der Waals surface area contributed by atoms with E-state index in [-0.39, 0.29) is 11.9 Å². The third kappa shape index (κ3) is 3.60. The molecule has 0 saturated carbocycles. The average Bonchev–Trinajstić information content (AvgIpc) is 2.99. The van der Waals surface area contributed by atoms with Gasteiger partial charge in [-0.2, -0.15) is 0 Å². The standard InChI is InChI=1S/C15H19N3O2/c1-3-13(14-16-9-10-17-14)18-15(19)11(2)20-12-7-5-4-6-8-12/h4-11,13H,3H2,1-2H3,(H,16,17)(H,18,19). The summed E-state index contributed by atoms with van der Waals surface area (Å²) in [5.41, 5.74) is 0. The first-order chi connectivity index (χ1) is 9.70. The maximum Gasteiger partial charge on any atom is 0.261 e. The molecule has 2 aromatic rings. The number of aromatic amines is 1. The van der Waals surface area contributed by atoms with Gasteiger partial charge in [0.25, 0.3) is 5.91 Å². The first-order valence-electron chi connectivity index (χ1n) is 6.72. The predicted molar refractivity (Wildman–Crippen MR) is 76.3 cm³/mol. The molecule has 0 radical (unpaired) electrons. The van der Waals surface area contributed by atoms with Gasteiger partial charge in [0.1, 0.15) is 11.6 Å². The second-order valence-electron chi connectivity index (χ2n) is 4.52. The number of nitrogens with zero attached hydrogens (tertiary/aromatic N) is 1. The van der Waals surface area contributed by atoms with Gasteiger partial charge in [-0.3, -0.25) is 4.79 Å². The van der Waals surface area contributed by atoms with Gasteiger partial charge in [-0.15, -0.1) is 0 Å². The molecule has 106 valence electrons. The normalized spacial score (nSPS) is 13.5. The summed E-state index contributed by atoms with van der Waals surface area (Å²) in [6.07, 6.45) is 3.63. The van der Waals surface area contributed by atoms with Crippen molar-refractivity contribution in [2.45, 2.75) is 32.4 Å². The number of benzene rings is 1. The van der Waals surface area contributed by atoms with Crippen LogP contribution in [0, 0.1) is 0 Å². The lowest BCUT2D eigenvalue weighted by molar-refractivity contribution is -0.128. The van der Waals surface area contributed by atoms with Crippen LogP contribution in [-0.2, 0) is 4.79 Å². The summed E-state index contributed by atoms with van der Waals surface area (Å²) in [7, 11) is 0. The number of rotatable bonds is 6. The molecule has 0 fully saturated rings. The highest BCUT2D eigenvalue weighted by atomic mass is 16.5. The van der Waals surface area contributed by atoms with Crippen molar-refractivity contribution >= 4 is 5.91 Å². The average molecular weight is 273 g/mol. The molecule has 1 heterocycles. The molecule has 0 saturated heterocycles. The Morgan fingerprint density at radius 3 is 2.75 bits per heavy atom. The largest absolute Gasteiger partial charge is 0.481 e. The fraction of sp³-hybridized carbons (Fsp3) is 0.333. The van der Waals surface area contributed by atoms with Crippen molar-refractivity contribution in [3.8, 4) is 5.75 Å². The highest BCUT2D eigenvalue weighted by Crippen LogP contribution is 2.14. The lowest BCUT2D eigenvalue weighted by Gasteiger charge is -2.19. The number of H-pyrrole nitrogens is 1. The number of aromatic nitrogens is 2. The third-order valence-electron chi connectivity index (χ3n) is 3.00. The highest BCUT2D eigenvalue weighted by molar-refractivity contribution is 5.81. The second-order valence-corrected chi connectivity index (χ2v) is 4.52. The minimum Gasteiger partial charge on any atom is -0.481 e. The van der Waals surface area contributed by atoms with Gasteiger partial charge in [-0.1, -0.05) is 25.1 Å². The van der Waals surface area contributed by atoms with E-state index >= 15 is 0 Å². The smallest absolute Gasteiger partial charge is 0.261 e. The quantitative estimate of drug-likeness (QED) is 0.849. The Labute approximate surface area is 118 Å². The fourth-order valence-corrected chi connectivity index (χ4v) is 1.88. The molecular formula is C15H19N3O2. The van der Waals surface area contributed by atoms with Gasteiger partial charge in [0.15, 0.2) is 6.10 Å². The van der Waals surface area contributed by atoms with Crippen LogP contribution in [-0.4, -0.2) is 22.0 Å². The van der Waals surface area contributed by atoms with Gasteiger partial charge in [-0.05, 0) is 25.5 Å². The molecule has 2 rings (SSSR count). The Kier molecular flexibility index (Phi) is 4.76. The van der Waals surface area contributed by atoms with Gasteiger partial charge in [0.2, 0.25) is 0 Å². The first-order valence-corrected chi connectivity index (χ1v) is 6.72. The number of nitrogens with one attached hydrogen (secondary N) is 2. The molecule has 0 aliphatic rings. The lowest BCUT2D eigenvalue weighted by Crippen LogP contribution is -2.38. The topological polar surface area (TPSA) is 67.0 Å². The Bertz CT molecular complexity index is 525. The van der Waals surface area contributed by atoms with E-state index in [1.165, 1.54) is 0 Å². The number of ether oxygens (including phenoxy) is 1. The molecule has 2 atom stereocenters. The number of para-hydroxylation sites is 1. The minimum atomic E-state index is -0.554. The summed E-state index contributed by atoms with van der Waals surface area (Å²) in [6, 6.07) is 9.18. The van der Waals surface area contributed by atoms with Gasteiger partial charge < -0.3 is 15.0 Å². The molecule has 0 aliphatic carbocycles. The molecule has 1 aromatic carbocycles. The van der Waals surface area contributed by atoms with Crippen LogP contribution in [0.2, 0.25) is 0 Å². The Morgan fingerprint density at radius 1 is 1.40 bits per heavy atom. The van der Waals surface area contributed by atoms with E-state index in [9.17, 15) is 4.79 Å². The van der Waals surface area contributed by atoms with Crippen LogP contribution in [0.3, 0.4) is 0 Å². The van der Waals surface area contributed by atoms with Crippen molar-refractivity contribution < 1.29 is 9.53 Å². The number of carbonyl (C=O) groups excluding carboxylic acids is 1. The minimum absolute atomic E-state index is 0.126. The highest BCUT2D eigenvalue weighted by Gasteiger charge is 2.20. The molecule has 1 aromatic heterocycles. The maximum absolute atomic E-state index is 12.1. The molecule has 2 unspecified atom stereocenters. The number of amides is 1. The van der Waals surface area contributed by atoms with Crippen LogP contribution >= 0.6 is 0 Å². The van der Waals surface area contributed by atoms with Crippen molar-refractivity contribution in [3.05, 3.63) is 48.5 Å². The van der Waals surface area contributed by atoms with Crippen molar-refractivity contribution in [2.24, 2.45) is 0 Å². The van der Waals surface area contributed by atoms with Crippen LogP contribution < -0.4 is 10.1 Å². The number of imidazole rings is 1. The summed E-state index contributed by atoms with van der Waals surface area (Å²) >= 11 is 0. The van der Waals surface area contributed by atoms with Crippen molar-refractivity contribution in [3.63, 3.8) is 0 Å². The first kappa shape index (κ1) is 14.1. The summed E-state index contributed by atoms with van der Waals surface area (Å²) in [4.78, 5) is 19.3. The van der Waals surface area contributed by atoms with E-state index in [4.69, 9.17) is 4.74 Å². The number of hydrogen-bond donors (Lipinski definition) is 2. The van der Waals surface area contributed by atoms with Crippen LogP contribution in [0.25, 0.3) is 0 Å². The van der Waals surface area contributed by atoms with E-state index < -0.39 is 6.10 Å². The van der Waals surface area contributed by atoms with Crippen LogP contribution in [0.15, 0.2) is 42.7 Å². The molecule has 1 amide bonds. The SMILES string of the molecule is CCC(NC(=O)C(C)Oc1ccccc1)c1ncc[nH]1. The van der Waals surface area contributed by atoms with Crippen molar-refractivity contribution in [1.29, 1.82) is 0 Å². The molecule has 5 nitrogen and oxygen atoms in total. The molecule has 0 aliphatic heterocycles. The van der Waals surface area contributed by atoms with E-state index in [1.807, 2.05) is 37.3 Å².